The summed E-state index contributed by atoms with van der Waals surface area (Å²) in [5, 5.41) is 20.4. The summed E-state index contributed by atoms with van der Waals surface area (Å²) < 4.78 is 0. The predicted octanol–water partition coefficient (Wildman–Crippen LogP) is 4.29. The van der Waals surface area contributed by atoms with Crippen LogP contribution in [-0.4, -0.2) is 16.9 Å². The number of amides is 1. The van der Waals surface area contributed by atoms with E-state index in [0.717, 1.165) is 5.56 Å². The molecule has 0 unspecified atom stereocenters. The lowest BCUT2D eigenvalue weighted by molar-refractivity contribution is -0.113. The van der Waals surface area contributed by atoms with Crippen LogP contribution in [0.4, 0.5) is 17.1 Å². The van der Waals surface area contributed by atoms with Gasteiger partial charge >= 0.3 is 0 Å². The maximum Gasteiger partial charge on any atom is 0.239 e. The number of nitrogens with one attached hydrogen (secondary N) is 1. The Labute approximate surface area is 127 Å². The molecule has 0 saturated carbocycles. The van der Waals surface area contributed by atoms with Crippen LogP contribution in [0.25, 0.3) is 0 Å². The summed E-state index contributed by atoms with van der Waals surface area (Å²) >= 11 is 5.41. The Hall–Kier alpha value is -2.40. The lowest BCUT2D eigenvalue weighted by atomic mass is 10.2. The molecular weight excluding hydrogens is 290 g/mol. The van der Waals surface area contributed by atoms with Gasteiger partial charge in [-0.2, -0.15) is 5.11 Å². The van der Waals surface area contributed by atoms with Gasteiger partial charge in [-0.3, -0.25) is 4.79 Å². The molecule has 2 N–H and O–H groups in total. The van der Waals surface area contributed by atoms with Crippen molar-refractivity contribution in [3.63, 3.8) is 0 Å². The first-order chi connectivity index (χ1) is 10.1. The van der Waals surface area contributed by atoms with Crippen LogP contribution in [0.2, 0.25) is 0 Å². The number of aromatic hydroxyl groups is 1. The van der Waals surface area contributed by atoms with Gasteiger partial charge < -0.3 is 10.4 Å². The van der Waals surface area contributed by atoms with Gasteiger partial charge in [-0.15, -0.1) is 16.7 Å². The minimum absolute atomic E-state index is 0.0790. The number of halogens is 1. The topological polar surface area (TPSA) is 74.1 Å². The minimum Gasteiger partial charge on any atom is -0.506 e. The molecule has 2 aromatic carbocycles. The fraction of sp³-hybridized carbons (Fsp3) is 0.133. The van der Waals surface area contributed by atoms with Crippen molar-refractivity contribution >= 4 is 34.6 Å². The molecule has 0 aliphatic rings. The van der Waals surface area contributed by atoms with Crippen LogP contribution in [0.15, 0.2) is 52.7 Å². The minimum atomic E-state index is -0.268. The number of anilines is 1. The summed E-state index contributed by atoms with van der Waals surface area (Å²) in [6.07, 6.45) is 0. The van der Waals surface area contributed by atoms with E-state index in [1.807, 2.05) is 6.92 Å². The van der Waals surface area contributed by atoms with Crippen molar-refractivity contribution in [3.8, 4) is 5.75 Å². The van der Waals surface area contributed by atoms with E-state index >= 15 is 0 Å². The zero-order valence-corrected chi connectivity index (χ0v) is 12.1. The van der Waals surface area contributed by atoms with Gasteiger partial charge in [0.1, 0.15) is 17.3 Å². The number of nitrogens with zero attached hydrogens (tertiary/aromatic N) is 2. The van der Waals surface area contributed by atoms with Crippen LogP contribution >= 0.6 is 11.6 Å². The Morgan fingerprint density at radius 1 is 1.19 bits per heavy atom. The number of phenolic OH excluding ortho intramolecular Hbond substituents is 1. The van der Waals surface area contributed by atoms with E-state index in [1.165, 1.54) is 0 Å². The molecule has 21 heavy (non-hydrogen) atoms. The second-order valence-electron chi connectivity index (χ2n) is 4.42. The highest BCUT2D eigenvalue weighted by atomic mass is 35.5. The molecule has 0 radical (unpaired) electrons. The Morgan fingerprint density at radius 3 is 2.57 bits per heavy atom. The van der Waals surface area contributed by atoms with Crippen molar-refractivity contribution in [2.45, 2.75) is 6.92 Å². The number of hydrogen-bond donors (Lipinski definition) is 2. The number of rotatable bonds is 4. The van der Waals surface area contributed by atoms with Gasteiger partial charge in [-0.25, -0.2) is 0 Å². The average Bonchev–Trinajstić information content (AvgIpc) is 2.49. The van der Waals surface area contributed by atoms with E-state index in [0.29, 0.717) is 17.1 Å². The third-order valence-electron chi connectivity index (χ3n) is 2.68. The van der Waals surface area contributed by atoms with Crippen LogP contribution in [0.1, 0.15) is 5.56 Å². The van der Waals surface area contributed by atoms with Gasteiger partial charge in [0.05, 0.1) is 5.69 Å². The smallest absolute Gasteiger partial charge is 0.239 e. The number of benzene rings is 2. The van der Waals surface area contributed by atoms with Crippen molar-refractivity contribution < 1.29 is 9.90 Å². The second-order valence-corrected chi connectivity index (χ2v) is 4.69. The fourth-order valence-electron chi connectivity index (χ4n) is 1.63. The van der Waals surface area contributed by atoms with E-state index in [-0.39, 0.29) is 17.5 Å². The molecule has 6 heteroatoms. The molecule has 0 aliphatic carbocycles. The number of hydrogen-bond acceptors (Lipinski definition) is 4. The number of aryl methyl sites for hydroxylation is 1. The molecular formula is C15H14ClN3O2. The van der Waals surface area contributed by atoms with E-state index in [2.05, 4.69) is 15.5 Å². The molecule has 108 valence electrons. The van der Waals surface area contributed by atoms with Crippen LogP contribution in [0.3, 0.4) is 0 Å². The van der Waals surface area contributed by atoms with Gasteiger partial charge in [0.25, 0.3) is 0 Å². The summed E-state index contributed by atoms with van der Waals surface area (Å²) in [6, 6.07) is 11.9. The third-order valence-corrected chi connectivity index (χ3v) is 2.92. The van der Waals surface area contributed by atoms with Crippen molar-refractivity contribution in [1.82, 2.24) is 0 Å². The third kappa shape index (κ3) is 4.29. The van der Waals surface area contributed by atoms with Gasteiger partial charge in [0.15, 0.2) is 0 Å². The fourth-order valence-corrected chi connectivity index (χ4v) is 1.70. The number of phenols is 1. The monoisotopic (exact) mass is 303 g/mol. The summed E-state index contributed by atoms with van der Waals surface area (Å²) in [7, 11) is 0. The molecule has 0 aromatic heterocycles. The Morgan fingerprint density at radius 2 is 1.90 bits per heavy atom. The lowest BCUT2D eigenvalue weighted by Gasteiger charge is -2.02. The van der Waals surface area contributed by atoms with Gasteiger partial charge in [-0.05, 0) is 48.9 Å². The predicted molar refractivity (Wildman–Crippen MR) is 82.8 cm³/mol. The number of alkyl halides is 1. The summed E-state index contributed by atoms with van der Waals surface area (Å²) in [6.45, 7) is 1.91. The quantitative estimate of drug-likeness (QED) is 0.653. The highest BCUT2D eigenvalue weighted by Gasteiger charge is 2.01. The SMILES string of the molecule is Cc1ccc(O)c(N=Nc2ccc(NC(=O)CCl)cc2)c1. The summed E-state index contributed by atoms with van der Waals surface area (Å²) in [5.41, 5.74) is 2.65. The Kier molecular flexibility index (Phi) is 4.90. The van der Waals surface area contributed by atoms with Crippen molar-refractivity contribution in [3.05, 3.63) is 48.0 Å². The van der Waals surface area contributed by atoms with Crippen LogP contribution in [0, 0.1) is 6.92 Å². The molecule has 0 saturated heterocycles. The first-order valence-electron chi connectivity index (χ1n) is 6.26. The maximum atomic E-state index is 11.1. The van der Waals surface area contributed by atoms with Crippen LogP contribution in [0.5, 0.6) is 5.75 Å². The largest absolute Gasteiger partial charge is 0.506 e. The molecule has 1 amide bonds. The molecule has 2 rings (SSSR count). The van der Waals surface area contributed by atoms with Gasteiger partial charge in [0.2, 0.25) is 5.91 Å². The number of carbonyl (C=O) groups is 1. The van der Waals surface area contributed by atoms with Crippen LogP contribution in [-0.2, 0) is 4.79 Å². The van der Waals surface area contributed by atoms with E-state index in [9.17, 15) is 9.90 Å². The molecule has 0 bridgehead atoms. The van der Waals surface area contributed by atoms with Crippen molar-refractivity contribution in [1.29, 1.82) is 0 Å². The molecule has 5 nitrogen and oxygen atoms in total. The highest BCUT2D eigenvalue weighted by Crippen LogP contribution is 2.29. The number of azo groups is 1. The zero-order chi connectivity index (χ0) is 15.2. The molecule has 0 heterocycles. The molecule has 0 fully saturated rings. The van der Waals surface area contributed by atoms with Gasteiger partial charge in [0, 0.05) is 5.69 Å². The second kappa shape index (κ2) is 6.85. The lowest BCUT2D eigenvalue weighted by Crippen LogP contribution is -2.12. The summed E-state index contributed by atoms with van der Waals surface area (Å²) in [4.78, 5) is 11.1. The molecule has 2 aromatic rings. The van der Waals surface area contributed by atoms with Crippen LogP contribution < -0.4 is 5.32 Å². The molecule has 0 spiro atoms. The maximum absolute atomic E-state index is 11.1. The van der Waals surface area contributed by atoms with E-state index in [1.54, 1.807) is 42.5 Å². The highest BCUT2D eigenvalue weighted by molar-refractivity contribution is 6.29. The number of carbonyl (C=O) groups excluding carboxylic acids is 1. The molecule has 0 aliphatic heterocycles. The van der Waals surface area contributed by atoms with Gasteiger partial charge in [-0.1, -0.05) is 6.07 Å². The van der Waals surface area contributed by atoms with Crippen molar-refractivity contribution in [2.75, 3.05) is 11.2 Å². The van der Waals surface area contributed by atoms with Crippen molar-refractivity contribution in [2.24, 2.45) is 10.2 Å². The zero-order valence-electron chi connectivity index (χ0n) is 11.4. The average molecular weight is 304 g/mol. The first-order valence-corrected chi connectivity index (χ1v) is 6.79. The standard InChI is InChI=1S/C15H14ClN3O2/c1-10-2-7-14(20)13(8-10)19-18-12-5-3-11(4-6-12)17-15(21)9-16/h2-8,20H,9H2,1H3,(H,17,21). The first kappa shape index (κ1) is 15.0. The Bertz CT molecular complexity index is 669. The molecule has 0 atom stereocenters. The summed E-state index contributed by atoms with van der Waals surface area (Å²) in [5.74, 6) is -0.278. The normalized spacial score (nSPS) is 10.8. The Balaban J connectivity index is 2.11. The van der Waals surface area contributed by atoms with E-state index < -0.39 is 0 Å². The van der Waals surface area contributed by atoms with E-state index in [4.69, 9.17) is 11.6 Å².